The zero-order valence-corrected chi connectivity index (χ0v) is 15.7. The van der Waals surface area contributed by atoms with Crippen LogP contribution in [-0.4, -0.2) is 27.4 Å². The highest BCUT2D eigenvalue weighted by Gasteiger charge is 2.28. The van der Waals surface area contributed by atoms with Crippen molar-refractivity contribution in [3.63, 3.8) is 0 Å². The lowest BCUT2D eigenvalue weighted by atomic mass is 10.1. The molecule has 1 saturated carbocycles. The number of carbonyl (C=O) groups is 1. The first-order valence-electron chi connectivity index (χ1n) is 8.83. The molecule has 1 amide bonds. The molecule has 0 aliphatic heterocycles. The summed E-state index contributed by atoms with van der Waals surface area (Å²) in [5.74, 6) is -0.256. The number of nitrogens with zero attached hydrogens (tertiary/aromatic N) is 1. The molecule has 0 atom stereocenters. The van der Waals surface area contributed by atoms with E-state index in [0.29, 0.717) is 5.56 Å². The van der Waals surface area contributed by atoms with Crippen molar-refractivity contribution in [1.82, 2.24) is 4.72 Å². The third-order valence-electron chi connectivity index (χ3n) is 4.72. The number of amides is 1. The van der Waals surface area contributed by atoms with Gasteiger partial charge in [0.15, 0.2) is 0 Å². The standard InChI is InChI=1S/C21H20N2O3S/c1-23(19-12-9-15-5-2-3-6-16(15)13-19)21(24)17-7-4-8-20(14-17)27(25,26)22-18-10-11-18/h2-9,12-14,18,22H,10-11H2,1H3. The van der Waals surface area contributed by atoms with Crippen molar-refractivity contribution in [1.29, 1.82) is 0 Å². The van der Waals surface area contributed by atoms with Crippen molar-refractivity contribution in [2.45, 2.75) is 23.8 Å². The summed E-state index contributed by atoms with van der Waals surface area (Å²) in [4.78, 5) is 14.6. The van der Waals surface area contributed by atoms with Crippen LogP contribution in [0.25, 0.3) is 10.8 Å². The van der Waals surface area contributed by atoms with Crippen molar-refractivity contribution >= 4 is 32.4 Å². The molecule has 6 heteroatoms. The zero-order valence-electron chi connectivity index (χ0n) is 14.9. The normalized spacial score (nSPS) is 14.3. The van der Waals surface area contributed by atoms with Gasteiger partial charge in [-0.2, -0.15) is 0 Å². The van der Waals surface area contributed by atoms with Gasteiger partial charge in [-0.15, -0.1) is 0 Å². The Bertz CT molecular complexity index is 1120. The highest BCUT2D eigenvalue weighted by atomic mass is 32.2. The maximum atomic E-state index is 12.9. The summed E-state index contributed by atoms with van der Waals surface area (Å²) in [6.07, 6.45) is 1.73. The van der Waals surface area contributed by atoms with Crippen molar-refractivity contribution in [2.24, 2.45) is 0 Å². The Morgan fingerprint density at radius 3 is 2.44 bits per heavy atom. The lowest BCUT2D eigenvalue weighted by Crippen LogP contribution is -2.28. The number of rotatable bonds is 5. The molecule has 0 bridgehead atoms. The topological polar surface area (TPSA) is 66.5 Å². The number of anilines is 1. The van der Waals surface area contributed by atoms with Gasteiger partial charge < -0.3 is 4.90 Å². The van der Waals surface area contributed by atoms with E-state index in [9.17, 15) is 13.2 Å². The fourth-order valence-electron chi connectivity index (χ4n) is 2.98. The smallest absolute Gasteiger partial charge is 0.258 e. The molecule has 3 aromatic carbocycles. The maximum absolute atomic E-state index is 12.9. The summed E-state index contributed by atoms with van der Waals surface area (Å²) in [6.45, 7) is 0. The molecule has 27 heavy (non-hydrogen) atoms. The van der Waals surface area contributed by atoms with E-state index in [4.69, 9.17) is 0 Å². The first-order valence-corrected chi connectivity index (χ1v) is 10.3. The predicted molar refractivity (Wildman–Crippen MR) is 106 cm³/mol. The second-order valence-corrected chi connectivity index (χ2v) is 8.53. The van der Waals surface area contributed by atoms with Crippen LogP contribution in [0.4, 0.5) is 5.69 Å². The number of fused-ring (bicyclic) bond motifs is 1. The lowest BCUT2D eigenvalue weighted by Gasteiger charge is -2.18. The summed E-state index contributed by atoms with van der Waals surface area (Å²) in [7, 11) is -1.90. The molecule has 1 aliphatic rings. The van der Waals surface area contributed by atoms with E-state index < -0.39 is 10.0 Å². The minimum Gasteiger partial charge on any atom is -0.311 e. The van der Waals surface area contributed by atoms with E-state index >= 15 is 0 Å². The Labute approximate surface area is 158 Å². The molecular formula is C21H20N2O3S. The Kier molecular flexibility index (Phi) is 4.45. The first kappa shape index (κ1) is 17.7. The van der Waals surface area contributed by atoms with Gasteiger partial charge in [0.25, 0.3) is 5.91 Å². The molecule has 5 nitrogen and oxygen atoms in total. The molecule has 0 heterocycles. The van der Waals surface area contributed by atoms with Crippen molar-refractivity contribution in [2.75, 3.05) is 11.9 Å². The predicted octanol–water partition coefficient (Wildman–Crippen LogP) is 3.56. The second kappa shape index (κ2) is 6.79. The Morgan fingerprint density at radius 2 is 1.70 bits per heavy atom. The van der Waals surface area contributed by atoms with Gasteiger partial charge in [-0.1, -0.05) is 36.4 Å². The summed E-state index contributed by atoms with van der Waals surface area (Å²) in [5.41, 5.74) is 1.09. The molecule has 0 aromatic heterocycles. The molecule has 0 saturated heterocycles. The van der Waals surface area contributed by atoms with E-state index in [0.717, 1.165) is 29.3 Å². The maximum Gasteiger partial charge on any atom is 0.258 e. The van der Waals surface area contributed by atoms with E-state index in [-0.39, 0.29) is 16.8 Å². The van der Waals surface area contributed by atoms with Gasteiger partial charge >= 0.3 is 0 Å². The highest BCUT2D eigenvalue weighted by molar-refractivity contribution is 7.89. The van der Waals surface area contributed by atoms with Gasteiger partial charge in [0.2, 0.25) is 10.0 Å². The number of sulfonamides is 1. The summed E-state index contributed by atoms with van der Waals surface area (Å²) in [5, 5.41) is 2.14. The lowest BCUT2D eigenvalue weighted by molar-refractivity contribution is 0.0993. The average molecular weight is 380 g/mol. The summed E-state index contributed by atoms with van der Waals surface area (Å²) >= 11 is 0. The SMILES string of the molecule is CN(C(=O)c1cccc(S(=O)(=O)NC2CC2)c1)c1ccc2ccccc2c1. The van der Waals surface area contributed by atoms with Gasteiger partial charge in [-0.3, -0.25) is 4.79 Å². The highest BCUT2D eigenvalue weighted by Crippen LogP contribution is 2.25. The molecule has 4 rings (SSSR count). The molecule has 1 aliphatic carbocycles. The van der Waals surface area contributed by atoms with Crippen LogP contribution in [0.15, 0.2) is 71.6 Å². The van der Waals surface area contributed by atoms with Crippen molar-refractivity contribution in [3.8, 4) is 0 Å². The molecular weight excluding hydrogens is 360 g/mol. The van der Waals surface area contributed by atoms with Crippen molar-refractivity contribution < 1.29 is 13.2 Å². The quantitative estimate of drug-likeness (QED) is 0.736. The van der Waals surface area contributed by atoms with Crippen LogP contribution in [0.3, 0.4) is 0 Å². The molecule has 138 valence electrons. The molecule has 0 unspecified atom stereocenters. The minimum atomic E-state index is -3.59. The van der Waals surface area contributed by atoms with Crippen LogP contribution < -0.4 is 9.62 Å². The molecule has 1 fully saturated rings. The van der Waals surface area contributed by atoms with Crippen LogP contribution in [0.2, 0.25) is 0 Å². The number of carbonyl (C=O) groups excluding carboxylic acids is 1. The van der Waals surface area contributed by atoms with Gasteiger partial charge in [0.1, 0.15) is 0 Å². The molecule has 0 spiro atoms. The Hall–Kier alpha value is -2.70. The number of nitrogens with one attached hydrogen (secondary N) is 1. The largest absolute Gasteiger partial charge is 0.311 e. The van der Waals surface area contributed by atoms with Gasteiger partial charge in [0, 0.05) is 24.3 Å². The molecule has 0 radical (unpaired) electrons. The summed E-state index contributed by atoms with van der Waals surface area (Å²) in [6, 6.07) is 19.9. The minimum absolute atomic E-state index is 0.0228. The summed E-state index contributed by atoms with van der Waals surface area (Å²) < 4.78 is 27.5. The van der Waals surface area contributed by atoms with E-state index in [1.807, 2.05) is 42.5 Å². The van der Waals surface area contributed by atoms with Crippen LogP contribution in [0, 0.1) is 0 Å². The van der Waals surface area contributed by atoms with Gasteiger partial charge in [-0.25, -0.2) is 13.1 Å². The van der Waals surface area contributed by atoms with E-state index in [2.05, 4.69) is 4.72 Å². The number of hydrogen-bond donors (Lipinski definition) is 1. The monoisotopic (exact) mass is 380 g/mol. The fraction of sp³-hybridized carbons (Fsp3) is 0.190. The van der Waals surface area contributed by atoms with Crippen LogP contribution in [0.5, 0.6) is 0 Å². The first-order chi connectivity index (χ1) is 12.9. The Balaban J connectivity index is 1.62. The van der Waals surface area contributed by atoms with Crippen LogP contribution >= 0.6 is 0 Å². The fourth-order valence-corrected chi connectivity index (χ4v) is 4.33. The van der Waals surface area contributed by atoms with Gasteiger partial charge in [0.05, 0.1) is 4.90 Å². The second-order valence-electron chi connectivity index (χ2n) is 6.82. The van der Waals surface area contributed by atoms with Crippen molar-refractivity contribution in [3.05, 3.63) is 72.3 Å². The number of benzene rings is 3. The third-order valence-corrected chi connectivity index (χ3v) is 6.23. The average Bonchev–Trinajstić information content (AvgIpc) is 3.50. The van der Waals surface area contributed by atoms with Gasteiger partial charge in [-0.05, 0) is 53.9 Å². The third kappa shape index (κ3) is 3.72. The van der Waals surface area contributed by atoms with E-state index in [1.54, 1.807) is 19.2 Å². The van der Waals surface area contributed by atoms with Crippen LogP contribution in [0.1, 0.15) is 23.2 Å². The Morgan fingerprint density at radius 1 is 0.963 bits per heavy atom. The molecule has 3 aromatic rings. The van der Waals surface area contributed by atoms with E-state index in [1.165, 1.54) is 17.0 Å². The molecule has 1 N–H and O–H groups in total. The van der Waals surface area contributed by atoms with Crippen LogP contribution in [-0.2, 0) is 10.0 Å². The zero-order chi connectivity index (χ0) is 19.0. The number of hydrogen-bond acceptors (Lipinski definition) is 3.